The van der Waals surface area contributed by atoms with E-state index >= 15 is 0 Å². The SMILES string of the molecule is CCc1ccc(N2C(=O)c3oc4ccc(Br)cc4c(=O)c3C2c2ccc(C(C)(C)C)cc2)cc1. The Morgan fingerprint density at radius 3 is 2.24 bits per heavy atom. The first-order valence-corrected chi connectivity index (χ1v) is 12.3. The maximum atomic E-state index is 13.7. The molecule has 0 fully saturated rings. The second-order valence-corrected chi connectivity index (χ2v) is 10.7. The van der Waals surface area contributed by atoms with E-state index in [0.717, 1.165) is 22.1 Å². The molecule has 1 aliphatic rings. The van der Waals surface area contributed by atoms with Crippen molar-refractivity contribution in [3.05, 3.63) is 109 Å². The molecule has 0 saturated carbocycles. The van der Waals surface area contributed by atoms with Gasteiger partial charge in [-0.25, -0.2) is 0 Å². The van der Waals surface area contributed by atoms with E-state index in [1.54, 1.807) is 23.1 Å². The summed E-state index contributed by atoms with van der Waals surface area (Å²) in [5, 5.41) is 0.459. The molecule has 34 heavy (non-hydrogen) atoms. The second-order valence-electron chi connectivity index (χ2n) is 9.78. The minimum Gasteiger partial charge on any atom is -0.450 e. The summed E-state index contributed by atoms with van der Waals surface area (Å²) in [5.41, 5.74) is 4.61. The maximum Gasteiger partial charge on any atom is 0.295 e. The van der Waals surface area contributed by atoms with Gasteiger partial charge in [-0.3, -0.25) is 14.5 Å². The van der Waals surface area contributed by atoms with Crippen molar-refractivity contribution in [3.63, 3.8) is 0 Å². The maximum absolute atomic E-state index is 13.7. The zero-order valence-electron chi connectivity index (χ0n) is 19.7. The number of rotatable bonds is 3. The highest BCUT2D eigenvalue weighted by atomic mass is 79.9. The molecule has 0 radical (unpaired) electrons. The minimum absolute atomic E-state index is 0.000883. The highest BCUT2D eigenvalue weighted by Gasteiger charge is 2.43. The fourth-order valence-corrected chi connectivity index (χ4v) is 4.95. The first-order chi connectivity index (χ1) is 16.2. The Bertz CT molecular complexity index is 1460. The number of anilines is 1. The number of carbonyl (C=O) groups is 1. The zero-order valence-corrected chi connectivity index (χ0v) is 21.3. The Labute approximate surface area is 207 Å². The van der Waals surface area contributed by atoms with E-state index in [0.29, 0.717) is 16.5 Å². The van der Waals surface area contributed by atoms with Gasteiger partial charge in [0.05, 0.1) is 17.0 Å². The average molecular weight is 516 g/mol. The normalized spacial score (nSPS) is 15.7. The van der Waals surface area contributed by atoms with Gasteiger partial charge in [-0.15, -0.1) is 0 Å². The number of carbonyl (C=O) groups excluding carboxylic acids is 1. The van der Waals surface area contributed by atoms with Crippen LogP contribution in [0, 0.1) is 0 Å². The fourth-order valence-electron chi connectivity index (χ4n) is 4.58. The minimum atomic E-state index is -0.566. The number of benzene rings is 3. The third-order valence-corrected chi connectivity index (χ3v) is 7.04. The van der Waals surface area contributed by atoms with Crippen LogP contribution in [0.3, 0.4) is 0 Å². The summed E-state index contributed by atoms with van der Waals surface area (Å²) in [4.78, 5) is 29.1. The molecule has 4 aromatic rings. The van der Waals surface area contributed by atoms with Crippen LogP contribution >= 0.6 is 15.9 Å². The van der Waals surface area contributed by atoms with Gasteiger partial charge in [-0.1, -0.05) is 80.0 Å². The van der Waals surface area contributed by atoms with Gasteiger partial charge in [-0.05, 0) is 58.9 Å². The molecular weight excluding hydrogens is 490 g/mol. The first-order valence-electron chi connectivity index (χ1n) is 11.5. The van der Waals surface area contributed by atoms with E-state index < -0.39 is 6.04 Å². The molecule has 1 aromatic heterocycles. The Morgan fingerprint density at radius 2 is 1.62 bits per heavy atom. The predicted molar refractivity (Wildman–Crippen MR) is 140 cm³/mol. The quantitative estimate of drug-likeness (QED) is 0.290. The molecule has 5 rings (SSSR count). The van der Waals surface area contributed by atoms with Gasteiger partial charge in [0, 0.05) is 10.2 Å². The van der Waals surface area contributed by atoms with Crippen LogP contribution in [0.5, 0.6) is 0 Å². The van der Waals surface area contributed by atoms with E-state index in [2.05, 4.69) is 55.8 Å². The molecule has 2 heterocycles. The van der Waals surface area contributed by atoms with E-state index in [-0.39, 0.29) is 22.5 Å². The summed E-state index contributed by atoms with van der Waals surface area (Å²) < 4.78 is 6.85. The molecule has 0 N–H and O–H groups in total. The first kappa shape index (κ1) is 22.6. The molecule has 5 heteroatoms. The zero-order chi connectivity index (χ0) is 24.2. The lowest BCUT2D eigenvalue weighted by atomic mass is 9.86. The summed E-state index contributed by atoms with van der Waals surface area (Å²) in [6.07, 6.45) is 0.909. The summed E-state index contributed by atoms with van der Waals surface area (Å²) in [7, 11) is 0. The molecule has 172 valence electrons. The largest absolute Gasteiger partial charge is 0.450 e. The van der Waals surface area contributed by atoms with E-state index in [9.17, 15) is 9.59 Å². The lowest BCUT2D eigenvalue weighted by Crippen LogP contribution is -2.29. The number of amides is 1. The number of fused-ring (bicyclic) bond motifs is 2. The molecule has 1 atom stereocenters. The van der Waals surface area contributed by atoms with Crippen molar-refractivity contribution < 1.29 is 9.21 Å². The van der Waals surface area contributed by atoms with Crippen molar-refractivity contribution in [1.29, 1.82) is 0 Å². The van der Waals surface area contributed by atoms with Gasteiger partial charge in [0.25, 0.3) is 5.91 Å². The summed E-state index contributed by atoms with van der Waals surface area (Å²) in [6, 6.07) is 20.8. The van der Waals surface area contributed by atoms with Gasteiger partial charge in [0.1, 0.15) is 5.58 Å². The van der Waals surface area contributed by atoms with Crippen molar-refractivity contribution in [2.75, 3.05) is 4.90 Å². The molecule has 0 saturated heterocycles. The molecular formula is C29H26BrNO3. The predicted octanol–water partition coefficient (Wildman–Crippen LogP) is 7.17. The third kappa shape index (κ3) is 3.68. The number of halogens is 1. The number of hydrogen-bond donors (Lipinski definition) is 0. The van der Waals surface area contributed by atoms with Crippen molar-refractivity contribution in [3.8, 4) is 0 Å². The van der Waals surface area contributed by atoms with Gasteiger partial charge < -0.3 is 4.42 Å². The van der Waals surface area contributed by atoms with Crippen LogP contribution in [0.4, 0.5) is 5.69 Å². The third-order valence-electron chi connectivity index (χ3n) is 6.55. The van der Waals surface area contributed by atoms with Crippen LogP contribution in [-0.2, 0) is 11.8 Å². The Kier molecular flexibility index (Phi) is 5.48. The molecule has 1 aliphatic heterocycles. The average Bonchev–Trinajstić information content (AvgIpc) is 3.11. The van der Waals surface area contributed by atoms with Crippen LogP contribution < -0.4 is 10.3 Å². The van der Waals surface area contributed by atoms with E-state index in [1.807, 2.05) is 36.4 Å². The van der Waals surface area contributed by atoms with Gasteiger partial charge >= 0.3 is 0 Å². The van der Waals surface area contributed by atoms with E-state index in [4.69, 9.17) is 4.42 Å². The van der Waals surface area contributed by atoms with Gasteiger partial charge in [-0.2, -0.15) is 0 Å². The lowest BCUT2D eigenvalue weighted by Gasteiger charge is -2.26. The standard InChI is InChI=1S/C29H26BrNO3/c1-5-17-6-13-21(14-7-17)31-25(18-8-10-19(11-9-18)29(2,3)4)24-26(32)22-16-20(30)12-15-23(22)34-27(24)28(31)33/h6-16,25H,5H2,1-4H3. The smallest absolute Gasteiger partial charge is 0.295 e. The Hall–Kier alpha value is -3.18. The van der Waals surface area contributed by atoms with Crippen LogP contribution in [0.1, 0.15) is 66.5 Å². The van der Waals surface area contributed by atoms with E-state index in [1.165, 1.54) is 11.1 Å². The summed E-state index contributed by atoms with van der Waals surface area (Å²) >= 11 is 3.45. The second kappa shape index (κ2) is 8.24. The summed E-state index contributed by atoms with van der Waals surface area (Å²) in [6.45, 7) is 8.58. The van der Waals surface area contributed by atoms with Crippen molar-refractivity contribution in [2.24, 2.45) is 0 Å². The van der Waals surface area contributed by atoms with Gasteiger partial charge in [0.15, 0.2) is 5.43 Å². The number of hydrogen-bond acceptors (Lipinski definition) is 3. The molecule has 4 nitrogen and oxygen atoms in total. The molecule has 1 unspecified atom stereocenters. The highest BCUT2D eigenvalue weighted by Crippen LogP contribution is 2.42. The molecule has 0 spiro atoms. The van der Waals surface area contributed by atoms with Gasteiger partial charge in [0.2, 0.25) is 5.76 Å². The molecule has 3 aromatic carbocycles. The van der Waals surface area contributed by atoms with Crippen LogP contribution in [0.25, 0.3) is 11.0 Å². The topological polar surface area (TPSA) is 50.5 Å². The van der Waals surface area contributed by atoms with Crippen molar-refractivity contribution >= 4 is 38.5 Å². The fraction of sp³-hybridized carbons (Fsp3) is 0.241. The monoisotopic (exact) mass is 515 g/mol. The van der Waals surface area contributed by atoms with Crippen LogP contribution in [0.15, 0.2) is 80.4 Å². The highest BCUT2D eigenvalue weighted by molar-refractivity contribution is 9.10. The molecule has 0 bridgehead atoms. The number of nitrogens with zero attached hydrogens (tertiary/aromatic N) is 1. The molecule has 1 amide bonds. The number of aryl methyl sites for hydroxylation is 1. The van der Waals surface area contributed by atoms with Crippen LogP contribution in [0.2, 0.25) is 0 Å². The Morgan fingerprint density at radius 1 is 0.941 bits per heavy atom. The van der Waals surface area contributed by atoms with Crippen molar-refractivity contribution in [2.45, 2.75) is 45.6 Å². The summed E-state index contributed by atoms with van der Waals surface area (Å²) in [5.74, 6) is -0.185. The van der Waals surface area contributed by atoms with Crippen molar-refractivity contribution in [1.82, 2.24) is 0 Å². The van der Waals surface area contributed by atoms with Crippen LogP contribution in [-0.4, -0.2) is 5.91 Å². The lowest BCUT2D eigenvalue weighted by molar-refractivity contribution is 0.0971. The molecule has 0 aliphatic carbocycles. The Balaban J connectivity index is 1.75.